The molecule has 0 N–H and O–H groups in total. The van der Waals surface area contributed by atoms with Crippen molar-refractivity contribution < 1.29 is 33.4 Å². The molecule has 2 heterocycles. The quantitative estimate of drug-likeness (QED) is 0.315. The molecule has 2 rings (SSSR count). The molecule has 0 radical (unpaired) electrons. The zero-order valence-electron chi connectivity index (χ0n) is 12.6. The second-order valence-electron chi connectivity index (χ2n) is 5.91. The average Bonchev–Trinajstić information content (AvgIpc) is 2.70. The van der Waals surface area contributed by atoms with Crippen LogP contribution in [0.5, 0.6) is 0 Å². The Bertz CT molecular complexity index is 558. The Hall–Kier alpha value is -2.38. The molecule has 2 aliphatic heterocycles. The Labute approximate surface area is 127 Å². The minimum absolute atomic E-state index is 0.0954. The summed E-state index contributed by atoms with van der Waals surface area (Å²) in [5.74, 6) is -1.58. The van der Waals surface area contributed by atoms with Gasteiger partial charge in [0.25, 0.3) is 0 Å². The zero-order valence-corrected chi connectivity index (χ0v) is 12.6. The van der Waals surface area contributed by atoms with E-state index in [0.717, 1.165) is 4.90 Å². The van der Waals surface area contributed by atoms with Crippen LogP contribution in [0.3, 0.4) is 0 Å². The molecular formula is C14H17NO7. The molecule has 8 heteroatoms. The molecule has 1 saturated heterocycles. The van der Waals surface area contributed by atoms with Crippen molar-refractivity contribution in [1.82, 2.24) is 4.90 Å². The molecule has 120 valence electrons. The molecular weight excluding hydrogens is 294 g/mol. The fraction of sp³-hybridized carbons (Fsp3) is 0.571. The van der Waals surface area contributed by atoms with Crippen LogP contribution in [-0.4, -0.2) is 42.1 Å². The SMILES string of the molecule is CC(C)(C)C(=O)OCOC(=O)C1=C(CC=O)O[C@@H]2CC(=O)N12. The smallest absolute Gasteiger partial charge is 0.361 e. The van der Waals surface area contributed by atoms with Crippen LogP contribution in [0.15, 0.2) is 11.5 Å². The topological polar surface area (TPSA) is 99.2 Å². The Morgan fingerprint density at radius 2 is 2.05 bits per heavy atom. The van der Waals surface area contributed by atoms with Gasteiger partial charge in [-0.3, -0.25) is 14.5 Å². The Morgan fingerprint density at radius 1 is 1.36 bits per heavy atom. The van der Waals surface area contributed by atoms with Crippen molar-refractivity contribution in [2.45, 2.75) is 39.8 Å². The number of aldehydes is 1. The van der Waals surface area contributed by atoms with E-state index in [9.17, 15) is 19.2 Å². The molecule has 0 spiro atoms. The van der Waals surface area contributed by atoms with E-state index in [-0.39, 0.29) is 30.2 Å². The molecule has 1 atom stereocenters. The highest BCUT2D eigenvalue weighted by atomic mass is 16.7. The Morgan fingerprint density at radius 3 is 2.59 bits per heavy atom. The summed E-state index contributed by atoms with van der Waals surface area (Å²) in [6, 6.07) is 0. The van der Waals surface area contributed by atoms with E-state index < -0.39 is 30.4 Å². The second kappa shape index (κ2) is 5.78. The third kappa shape index (κ3) is 2.95. The molecule has 2 aliphatic rings. The van der Waals surface area contributed by atoms with Gasteiger partial charge in [0.2, 0.25) is 12.7 Å². The lowest BCUT2D eigenvalue weighted by atomic mass is 9.98. The summed E-state index contributed by atoms with van der Waals surface area (Å²) >= 11 is 0. The molecule has 0 aromatic heterocycles. The van der Waals surface area contributed by atoms with Crippen molar-refractivity contribution in [3.8, 4) is 0 Å². The number of allylic oxidation sites excluding steroid dienone is 1. The number of ether oxygens (including phenoxy) is 3. The molecule has 0 bridgehead atoms. The van der Waals surface area contributed by atoms with Crippen molar-refractivity contribution >= 4 is 24.1 Å². The molecule has 22 heavy (non-hydrogen) atoms. The number of hydrogen-bond acceptors (Lipinski definition) is 7. The van der Waals surface area contributed by atoms with Crippen LogP contribution in [0.1, 0.15) is 33.6 Å². The predicted molar refractivity (Wildman–Crippen MR) is 70.5 cm³/mol. The lowest BCUT2D eigenvalue weighted by molar-refractivity contribution is -0.174. The van der Waals surface area contributed by atoms with Gasteiger partial charge < -0.3 is 19.0 Å². The molecule has 1 amide bonds. The highest BCUT2D eigenvalue weighted by Crippen LogP contribution is 2.37. The van der Waals surface area contributed by atoms with Crippen LogP contribution in [0.2, 0.25) is 0 Å². The van der Waals surface area contributed by atoms with Gasteiger partial charge in [-0.1, -0.05) is 0 Å². The molecule has 8 nitrogen and oxygen atoms in total. The van der Waals surface area contributed by atoms with E-state index in [2.05, 4.69) is 0 Å². The monoisotopic (exact) mass is 311 g/mol. The van der Waals surface area contributed by atoms with Crippen LogP contribution in [0.25, 0.3) is 0 Å². The van der Waals surface area contributed by atoms with Gasteiger partial charge in [-0.05, 0) is 20.8 Å². The number of rotatable bonds is 5. The third-order valence-corrected chi connectivity index (χ3v) is 3.14. The van der Waals surface area contributed by atoms with E-state index in [1.807, 2.05) is 0 Å². The molecule has 0 saturated carbocycles. The number of β-lactam (4-membered cyclic amide) rings is 1. The van der Waals surface area contributed by atoms with Gasteiger partial charge in [0.1, 0.15) is 12.0 Å². The number of nitrogens with zero attached hydrogens (tertiary/aromatic N) is 1. The highest BCUT2D eigenvalue weighted by Gasteiger charge is 2.50. The average molecular weight is 311 g/mol. The summed E-state index contributed by atoms with van der Waals surface area (Å²) < 4.78 is 15.0. The fourth-order valence-electron chi connectivity index (χ4n) is 1.96. The molecule has 0 aromatic rings. The van der Waals surface area contributed by atoms with Crippen molar-refractivity contribution in [1.29, 1.82) is 0 Å². The van der Waals surface area contributed by atoms with Gasteiger partial charge >= 0.3 is 11.9 Å². The largest absolute Gasteiger partial charge is 0.471 e. The van der Waals surface area contributed by atoms with Gasteiger partial charge in [-0.2, -0.15) is 0 Å². The maximum absolute atomic E-state index is 12.0. The van der Waals surface area contributed by atoms with E-state index >= 15 is 0 Å². The first-order valence-electron chi connectivity index (χ1n) is 6.75. The molecule has 1 fully saturated rings. The Kier molecular flexibility index (Phi) is 4.20. The van der Waals surface area contributed by atoms with Gasteiger partial charge in [-0.15, -0.1) is 0 Å². The van der Waals surface area contributed by atoms with Gasteiger partial charge in [-0.25, -0.2) is 4.79 Å². The zero-order chi connectivity index (χ0) is 16.5. The summed E-state index contributed by atoms with van der Waals surface area (Å²) in [5.41, 5.74) is -0.816. The third-order valence-electron chi connectivity index (χ3n) is 3.14. The fourth-order valence-corrected chi connectivity index (χ4v) is 1.96. The van der Waals surface area contributed by atoms with Crippen LogP contribution in [0.4, 0.5) is 0 Å². The lowest BCUT2D eigenvalue weighted by Crippen LogP contribution is -2.50. The lowest BCUT2D eigenvalue weighted by Gasteiger charge is -2.33. The minimum atomic E-state index is -0.867. The van der Waals surface area contributed by atoms with Gasteiger partial charge in [0, 0.05) is 0 Å². The maximum atomic E-state index is 12.0. The van der Waals surface area contributed by atoms with Crippen LogP contribution >= 0.6 is 0 Å². The second-order valence-corrected chi connectivity index (χ2v) is 5.91. The normalized spacial score (nSPS) is 20.0. The summed E-state index contributed by atoms with van der Waals surface area (Å²) in [4.78, 5) is 46.9. The Balaban J connectivity index is 1.98. The summed E-state index contributed by atoms with van der Waals surface area (Å²) in [5, 5.41) is 0. The molecule has 0 aromatic carbocycles. The van der Waals surface area contributed by atoms with E-state index in [1.54, 1.807) is 20.8 Å². The highest BCUT2D eigenvalue weighted by molar-refractivity contribution is 5.98. The van der Waals surface area contributed by atoms with Crippen LogP contribution < -0.4 is 0 Å². The van der Waals surface area contributed by atoms with Crippen molar-refractivity contribution in [3.63, 3.8) is 0 Å². The predicted octanol–water partition coefficient (Wildman–Crippen LogP) is 0.466. The standard InChI is InChI=1S/C14H17NO7/c1-14(2,3)13(19)21-7-20-12(18)11-8(4-5-16)22-10-6-9(17)15(10)11/h5,10H,4,6-7H2,1-3H3/t10-/m1/s1. The van der Waals surface area contributed by atoms with Crippen molar-refractivity contribution in [2.24, 2.45) is 5.41 Å². The first-order chi connectivity index (χ1) is 10.3. The number of esters is 2. The number of hydrogen-bond donors (Lipinski definition) is 0. The van der Waals surface area contributed by atoms with Crippen LogP contribution in [-0.2, 0) is 33.4 Å². The van der Waals surface area contributed by atoms with Gasteiger partial charge in [0.05, 0.1) is 18.3 Å². The number of fused-ring (bicyclic) bond motifs is 1. The number of amides is 1. The van der Waals surface area contributed by atoms with Crippen molar-refractivity contribution in [2.75, 3.05) is 6.79 Å². The van der Waals surface area contributed by atoms with Crippen LogP contribution in [0, 0.1) is 5.41 Å². The van der Waals surface area contributed by atoms with E-state index in [1.165, 1.54) is 0 Å². The van der Waals surface area contributed by atoms with E-state index in [0.29, 0.717) is 6.29 Å². The number of carbonyl (C=O) groups excluding carboxylic acids is 4. The summed E-state index contributed by atoms with van der Waals surface area (Å²) in [6.45, 7) is 4.42. The van der Waals surface area contributed by atoms with E-state index in [4.69, 9.17) is 14.2 Å². The van der Waals surface area contributed by atoms with Gasteiger partial charge in [0.15, 0.2) is 11.9 Å². The van der Waals surface area contributed by atoms with Crippen molar-refractivity contribution in [3.05, 3.63) is 11.5 Å². The maximum Gasteiger partial charge on any atom is 0.361 e. The number of carbonyl (C=O) groups is 4. The summed E-state index contributed by atoms with van der Waals surface area (Å²) in [6.07, 6.45) is 0.0330. The first-order valence-corrected chi connectivity index (χ1v) is 6.75. The molecule has 0 unspecified atom stereocenters. The molecule has 0 aliphatic carbocycles. The first kappa shape index (κ1) is 16.0. The summed E-state index contributed by atoms with van der Waals surface area (Å²) in [7, 11) is 0. The minimum Gasteiger partial charge on any atom is -0.471 e.